The van der Waals surface area contributed by atoms with Crippen LogP contribution in [-0.4, -0.2) is 21.2 Å². The lowest BCUT2D eigenvalue weighted by atomic mass is 10.0. The number of aliphatic hydroxyl groups is 1. The molecule has 0 amide bonds. The second kappa shape index (κ2) is 9.38. The van der Waals surface area contributed by atoms with Crippen molar-refractivity contribution >= 4 is 17.0 Å². The highest BCUT2D eigenvalue weighted by Gasteiger charge is 2.06. The molecule has 1 atom stereocenters. The van der Waals surface area contributed by atoms with Crippen LogP contribution in [0.25, 0.3) is 28.1 Å². The topological polar surface area (TPSA) is 46.0 Å². The van der Waals surface area contributed by atoms with Crippen molar-refractivity contribution in [2.75, 3.05) is 0 Å². The van der Waals surface area contributed by atoms with Gasteiger partial charge in [-0.05, 0) is 55.5 Å². The highest BCUT2D eigenvalue weighted by Crippen LogP contribution is 2.26. The van der Waals surface area contributed by atoms with Crippen LogP contribution >= 0.6 is 0 Å². The van der Waals surface area contributed by atoms with Gasteiger partial charge in [0.1, 0.15) is 11.6 Å². The molecule has 0 aliphatic heterocycles. The summed E-state index contributed by atoms with van der Waals surface area (Å²) in [7, 11) is 0. The van der Waals surface area contributed by atoms with Gasteiger partial charge in [0.05, 0.1) is 11.6 Å². The molecule has 3 nitrogen and oxygen atoms in total. The van der Waals surface area contributed by atoms with E-state index in [0.29, 0.717) is 12.0 Å². The van der Waals surface area contributed by atoms with Gasteiger partial charge in [0.2, 0.25) is 0 Å². The molecule has 0 aliphatic rings. The van der Waals surface area contributed by atoms with Crippen molar-refractivity contribution in [2.45, 2.75) is 38.7 Å². The van der Waals surface area contributed by atoms with Gasteiger partial charge in [0.15, 0.2) is 0 Å². The number of allylic oxidation sites excluding steroid dienone is 2. The zero-order valence-electron chi connectivity index (χ0n) is 16.1. The Balaban J connectivity index is 1.76. The van der Waals surface area contributed by atoms with Gasteiger partial charge in [-0.1, -0.05) is 36.4 Å². The summed E-state index contributed by atoms with van der Waals surface area (Å²) in [4.78, 5) is 8.85. The Morgan fingerprint density at radius 2 is 1.96 bits per heavy atom. The summed E-state index contributed by atoms with van der Waals surface area (Å²) in [5, 5.41) is 10.2. The predicted molar refractivity (Wildman–Crippen MR) is 113 cm³/mol. The monoisotopic (exact) mass is 376 g/mol. The number of benzene rings is 2. The van der Waals surface area contributed by atoms with Gasteiger partial charge in [-0.25, -0.2) is 14.4 Å². The van der Waals surface area contributed by atoms with Crippen LogP contribution in [0, 0.1) is 5.82 Å². The van der Waals surface area contributed by atoms with Gasteiger partial charge >= 0.3 is 0 Å². The highest BCUT2D eigenvalue weighted by molar-refractivity contribution is 5.84. The Bertz CT molecular complexity index is 995. The van der Waals surface area contributed by atoms with Crippen molar-refractivity contribution < 1.29 is 9.50 Å². The number of halogens is 1. The second-order valence-electron chi connectivity index (χ2n) is 6.97. The molecule has 0 fully saturated rings. The Morgan fingerprint density at radius 3 is 2.71 bits per heavy atom. The van der Waals surface area contributed by atoms with E-state index in [1.54, 1.807) is 37.4 Å². The minimum atomic E-state index is -0.287. The van der Waals surface area contributed by atoms with E-state index in [4.69, 9.17) is 0 Å². The molecule has 0 saturated heterocycles. The van der Waals surface area contributed by atoms with Crippen LogP contribution in [0.4, 0.5) is 4.39 Å². The van der Waals surface area contributed by atoms with E-state index in [0.717, 1.165) is 47.1 Å². The van der Waals surface area contributed by atoms with Crippen molar-refractivity contribution in [2.24, 2.45) is 0 Å². The maximum absolute atomic E-state index is 14.5. The molecular formula is C24H25FN2O. The lowest BCUT2D eigenvalue weighted by Crippen LogP contribution is -1.97. The molecule has 3 rings (SSSR count). The number of nitrogens with zero attached hydrogens (tertiary/aromatic N) is 2. The summed E-state index contributed by atoms with van der Waals surface area (Å²) in [6.07, 6.45) is 10.2. The summed E-state index contributed by atoms with van der Waals surface area (Å²) in [6.45, 7) is 5.49. The van der Waals surface area contributed by atoms with Crippen molar-refractivity contribution in [1.82, 2.24) is 9.97 Å². The molecule has 0 spiro atoms. The first-order valence-electron chi connectivity index (χ1n) is 9.58. The molecule has 3 aromatic rings. The number of rotatable bonds is 8. The van der Waals surface area contributed by atoms with Crippen LogP contribution in [-0.2, 0) is 6.42 Å². The molecule has 0 radical (unpaired) electrons. The fraction of sp³-hybridized carbons (Fsp3) is 0.250. The summed E-state index contributed by atoms with van der Waals surface area (Å²) in [6, 6.07) is 11.1. The molecule has 0 aliphatic carbocycles. The van der Waals surface area contributed by atoms with Crippen LogP contribution < -0.4 is 0 Å². The third-order valence-corrected chi connectivity index (χ3v) is 4.58. The van der Waals surface area contributed by atoms with Crippen LogP contribution in [0.2, 0.25) is 0 Å². The fourth-order valence-electron chi connectivity index (χ4n) is 3.06. The third kappa shape index (κ3) is 5.11. The molecule has 4 heteroatoms. The molecule has 2 aromatic carbocycles. The maximum atomic E-state index is 14.5. The van der Waals surface area contributed by atoms with Crippen molar-refractivity contribution in [3.05, 3.63) is 78.5 Å². The Morgan fingerprint density at radius 1 is 1.18 bits per heavy atom. The Labute approximate surface area is 165 Å². The molecule has 1 heterocycles. The van der Waals surface area contributed by atoms with E-state index in [2.05, 4.69) is 16.5 Å². The smallest absolute Gasteiger partial charge is 0.132 e. The van der Waals surface area contributed by atoms with Crippen LogP contribution in [0.5, 0.6) is 0 Å². The minimum Gasteiger partial charge on any atom is -0.393 e. The van der Waals surface area contributed by atoms with Gasteiger partial charge in [-0.15, -0.1) is 6.58 Å². The maximum Gasteiger partial charge on any atom is 0.132 e. The predicted octanol–water partition coefficient (Wildman–Crippen LogP) is 5.73. The first kappa shape index (κ1) is 19.9. The van der Waals surface area contributed by atoms with Crippen LogP contribution in [0.1, 0.15) is 37.6 Å². The van der Waals surface area contributed by atoms with E-state index in [1.165, 1.54) is 0 Å². The lowest BCUT2D eigenvalue weighted by Gasteiger charge is -2.06. The van der Waals surface area contributed by atoms with Gasteiger partial charge in [0, 0.05) is 23.6 Å². The number of unbranched alkanes of at least 4 members (excludes halogenated alkanes) is 1. The Kier molecular flexibility index (Phi) is 6.66. The average molecular weight is 376 g/mol. The van der Waals surface area contributed by atoms with Crippen LogP contribution in [0.3, 0.4) is 0 Å². The molecule has 0 bridgehead atoms. The summed E-state index contributed by atoms with van der Waals surface area (Å²) < 4.78 is 14.5. The third-order valence-electron chi connectivity index (χ3n) is 4.58. The lowest BCUT2D eigenvalue weighted by molar-refractivity contribution is 0.182. The van der Waals surface area contributed by atoms with E-state index in [-0.39, 0.29) is 11.9 Å². The van der Waals surface area contributed by atoms with Gasteiger partial charge in [-0.2, -0.15) is 0 Å². The summed E-state index contributed by atoms with van der Waals surface area (Å²) in [5.41, 5.74) is 3.19. The molecular weight excluding hydrogens is 351 g/mol. The largest absolute Gasteiger partial charge is 0.393 e. The standard InChI is InChI=1S/C24H25FN2O/c1-3-7-24-26-16-21-14-19(12-13-23(21)27-24)20-11-10-18(22(25)15-20)9-6-4-5-8-17(2)28/h3,6,9-17,28H,1,4-5,7-8H2,2H3/b9-6+. The first-order valence-corrected chi connectivity index (χ1v) is 9.58. The SMILES string of the molecule is C=CCc1ncc2cc(-c3ccc(/C=C/CCCC(C)O)c(F)c3)ccc2n1. The zero-order chi connectivity index (χ0) is 19.9. The first-order chi connectivity index (χ1) is 13.6. The average Bonchev–Trinajstić information content (AvgIpc) is 2.68. The minimum absolute atomic E-state index is 0.248. The van der Waals surface area contributed by atoms with Gasteiger partial charge < -0.3 is 5.11 Å². The molecule has 1 N–H and O–H groups in total. The Hall–Kier alpha value is -2.85. The van der Waals surface area contributed by atoms with E-state index in [1.807, 2.05) is 30.3 Å². The second-order valence-corrected chi connectivity index (χ2v) is 6.97. The number of fused-ring (bicyclic) bond motifs is 1. The number of aliphatic hydroxyl groups excluding tert-OH is 1. The molecule has 1 aromatic heterocycles. The number of hydrogen-bond donors (Lipinski definition) is 1. The molecule has 0 saturated carbocycles. The highest BCUT2D eigenvalue weighted by atomic mass is 19.1. The zero-order valence-corrected chi connectivity index (χ0v) is 16.1. The number of hydrogen-bond acceptors (Lipinski definition) is 3. The summed E-state index contributed by atoms with van der Waals surface area (Å²) in [5.74, 6) is 0.493. The molecule has 28 heavy (non-hydrogen) atoms. The van der Waals surface area contributed by atoms with E-state index < -0.39 is 0 Å². The van der Waals surface area contributed by atoms with E-state index >= 15 is 0 Å². The number of aromatic nitrogens is 2. The van der Waals surface area contributed by atoms with Crippen LogP contribution in [0.15, 0.2) is 61.3 Å². The molecule has 1 unspecified atom stereocenters. The van der Waals surface area contributed by atoms with Gasteiger partial charge in [0.25, 0.3) is 0 Å². The summed E-state index contributed by atoms with van der Waals surface area (Å²) >= 11 is 0. The fourth-order valence-corrected chi connectivity index (χ4v) is 3.06. The van der Waals surface area contributed by atoms with Crippen molar-refractivity contribution in [3.63, 3.8) is 0 Å². The normalized spacial score (nSPS) is 12.5. The van der Waals surface area contributed by atoms with E-state index in [9.17, 15) is 9.50 Å². The quantitative estimate of drug-likeness (QED) is 0.403. The van der Waals surface area contributed by atoms with Gasteiger partial charge in [-0.3, -0.25) is 0 Å². The van der Waals surface area contributed by atoms with Crippen molar-refractivity contribution in [3.8, 4) is 11.1 Å². The van der Waals surface area contributed by atoms with Crippen molar-refractivity contribution in [1.29, 1.82) is 0 Å². The molecule has 144 valence electrons.